The monoisotopic (exact) mass is 311 g/mol. The van der Waals surface area contributed by atoms with Gasteiger partial charge in [-0.3, -0.25) is 4.79 Å². The number of hydrogen-bond donors (Lipinski definition) is 3. The van der Waals surface area contributed by atoms with Crippen molar-refractivity contribution in [3.63, 3.8) is 0 Å². The van der Waals surface area contributed by atoms with Gasteiger partial charge in [0.2, 0.25) is 0 Å². The van der Waals surface area contributed by atoms with Crippen LogP contribution in [0.15, 0.2) is 41.2 Å². The van der Waals surface area contributed by atoms with E-state index in [0.29, 0.717) is 22.4 Å². The van der Waals surface area contributed by atoms with E-state index < -0.39 is 0 Å². The molecule has 0 atom stereocenters. The zero-order chi connectivity index (χ0) is 15.1. The highest BCUT2D eigenvalue weighted by Crippen LogP contribution is 2.31. The molecular formula is C16H13N3O2S. The standard InChI is InChI=1S/C16H13N3O2S/c20-8-7-17-16-19-12-6-5-11-13(15(12)22-16)14(21)9-3-1-2-4-10(9)18-11/h1-6,20H,7-8H2,(H,17,19)(H,18,21). The van der Waals surface area contributed by atoms with Crippen molar-refractivity contribution in [3.8, 4) is 0 Å². The third kappa shape index (κ3) is 1.96. The minimum atomic E-state index is 0.0207. The van der Waals surface area contributed by atoms with Gasteiger partial charge in [0.1, 0.15) is 0 Å². The molecule has 0 saturated carbocycles. The maximum atomic E-state index is 12.8. The fraction of sp³-hybridized carbons (Fsp3) is 0.125. The lowest BCUT2D eigenvalue weighted by Crippen LogP contribution is -2.04. The molecule has 0 aliphatic heterocycles. The summed E-state index contributed by atoms with van der Waals surface area (Å²) in [5.41, 5.74) is 2.46. The highest BCUT2D eigenvalue weighted by atomic mass is 32.1. The van der Waals surface area contributed by atoms with Gasteiger partial charge >= 0.3 is 0 Å². The lowest BCUT2D eigenvalue weighted by molar-refractivity contribution is 0.311. The molecule has 4 aromatic rings. The van der Waals surface area contributed by atoms with Crippen LogP contribution in [0.2, 0.25) is 0 Å². The van der Waals surface area contributed by atoms with Crippen LogP contribution in [0.1, 0.15) is 0 Å². The molecule has 4 rings (SSSR count). The van der Waals surface area contributed by atoms with Gasteiger partial charge in [-0.05, 0) is 24.3 Å². The van der Waals surface area contributed by atoms with E-state index in [0.717, 1.165) is 21.3 Å². The van der Waals surface area contributed by atoms with E-state index in [4.69, 9.17) is 5.11 Å². The Morgan fingerprint density at radius 3 is 2.91 bits per heavy atom. The van der Waals surface area contributed by atoms with Crippen LogP contribution < -0.4 is 10.7 Å². The van der Waals surface area contributed by atoms with Crippen LogP contribution in [0, 0.1) is 0 Å². The maximum Gasteiger partial charge on any atom is 0.198 e. The van der Waals surface area contributed by atoms with E-state index in [9.17, 15) is 4.79 Å². The number of H-pyrrole nitrogens is 1. The van der Waals surface area contributed by atoms with Gasteiger partial charge < -0.3 is 15.4 Å². The van der Waals surface area contributed by atoms with Gasteiger partial charge in [0.15, 0.2) is 10.6 Å². The average Bonchev–Trinajstić information content (AvgIpc) is 2.96. The van der Waals surface area contributed by atoms with Crippen LogP contribution in [-0.4, -0.2) is 28.2 Å². The fourth-order valence-electron chi connectivity index (χ4n) is 2.63. The highest BCUT2D eigenvalue weighted by molar-refractivity contribution is 7.23. The predicted molar refractivity (Wildman–Crippen MR) is 90.8 cm³/mol. The quantitative estimate of drug-likeness (QED) is 0.508. The fourth-order valence-corrected chi connectivity index (χ4v) is 3.66. The molecule has 22 heavy (non-hydrogen) atoms. The van der Waals surface area contributed by atoms with E-state index in [-0.39, 0.29) is 12.0 Å². The number of thiazole rings is 1. The molecule has 0 fully saturated rings. The van der Waals surface area contributed by atoms with Crippen LogP contribution in [-0.2, 0) is 0 Å². The molecule has 6 heteroatoms. The number of rotatable bonds is 3. The Balaban J connectivity index is 2.07. The number of para-hydroxylation sites is 1. The van der Waals surface area contributed by atoms with Crippen molar-refractivity contribution < 1.29 is 5.11 Å². The summed E-state index contributed by atoms with van der Waals surface area (Å²) in [5.74, 6) is 0. The van der Waals surface area contributed by atoms with Gasteiger partial charge in [0.25, 0.3) is 0 Å². The van der Waals surface area contributed by atoms with Crippen LogP contribution in [0.4, 0.5) is 5.13 Å². The number of benzene rings is 2. The second-order valence-electron chi connectivity index (χ2n) is 5.01. The third-order valence-corrected chi connectivity index (χ3v) is 4.66. The zero-order valence-electron chi connectivity index (χ0n) is 11.6. The largest absolute Gasteiger partial charge is 0.395 e. The number of aromatic amines is 1. The highest BCUT2D eigenvalue weighted by Gasteiger charge is 2.12. The first-order valence-corrected chi connectivity index (χ1v) is 7.78. The second kappa shape index (κ2) is 5.08. The molecule has 5 nitrogen and oxygen atoms in total. The van der Waals surface area contributed by atoms with Crippen LogP contribution >= 0.6 is 11.3 Å². The number of fused-ring (bicyclic) bond motifs is 4. The molecule has 3 N–H and O–H groups in total. The van der Waals surface area contributed by atoms with E-state index in [1.165, 1.54) is 11.3 Å². The average molecular weight is 311 g/mol. The van der Waals surface area contributed by atoms with E-state index in [1.54, 1.807) is 0 Å². The van der Waals surface area contributed by atoms with Crippen LogP contribution in [0.3, 0.4) is 0 Å². The normalized spacial score (nSPS) is 11.5. The Morgan fingerprint density at radius 2 is 2.05 bits per heavy atom. The SMILES string of the molecule is O=c1c2ccccc2[nH]c2ccc3nc(NCCO)sc3c12. The van der Waals surface area contributed by atoms with E-state index in [2.05, 4.69) is 15.3 Å². The smallest absolute Gasteiger partial charge is 0.198 e. The maximum absolute atomic E-state index is 12.8. The summed E-state index contributed by atoms with van der Waals surface area (Å²) >= 11 is 1.44. The molecule has 110 valence electrons. The van der Waals surface area contributed by atoms with Crippen molar-refractivity contribution >= 4 is 48.5 Å². The van der Waals surface area contributed by atoms with Gasteiger partial charge in [-0.15, -0.1) is 0 Å². The molecule has 0 bridgehead atoms. The summed E-state index contributed by atoms with van der Waals surface area (Å²) < 4.78 is 0.866. The van der Waals surface area contributed by atoms with Crippen LogP contribution in [0.25, 0.3) is 32.0 Å². The molecule has 0 radical (unpaired) electrons. The first kappa shape index (κ1) is 13.2. The summed E-state index contributed by atoms with van der Waals surface area (Å²) in [7, 11) is 0. The Hall–Kier alpha value is -2.44. The molecule has 0 aliphatic rings. The minimum Gasteiger partial charge on any atom is -0.395 e. The van der Waals surface area contributed by atoms with Crippen molar-refractivity contribution in [2.24, 2.45) is 0 Å². The molecule has 2 aromatic heterocycles. The van der Waals surface area contributed by atoms with Crippen LogP contribution in [0.5, 0.6) is 0 Å². The summed E-state index contributed by atoms with van der Waals surface area (Å²) in [6, 6.07) is 11.3. The van der Waals surface area contributed by atoms with Crippen molar-refractivity contribution in [2.75, 3.05) is 18.5 Å². The molecule has 2 aromatic carbocycles. The number of aromatic nitrogens is 2. The summed E-state index contributed by atoms with van der Waals surface area (Å²) in [6.45, 7) is 0.485. The van der Waals surface area contributed by atoms with Gasteiger partial charge in [-0.1, -0.05) is 23.5 Å². The lowest BCUT2D eigenvalue weighted by Gasteiger charge is -2.02. The summed E-state index contributed by atoms with van der Waals surface area (Å²) in [5, 5.41) is 14.0. The van der Waals surface area contributed by atoms with Gasteiger partial charge in [-0.25, -0.2) is 4.98 Å². The Kier molecular flexibility index (Phi) is 3.06. The molecule has 0 amide bonds. The summed E-state index contributed by atoms with van der Waals surface area (Å²) in [6.07, 6.45) is 0. The number of aliphatic hydroxyl groups excluding tert-OH is 1. The Morgan fingerprint density at radius 1 is 1.18 bits per heavy atom. The topological polar surface area (TPSA) is 78.0 Å². The van der Waals surface area contributed by atoms with Crippen molar-refractivity contribution in [1.29, 1.82) is 0 Å². The molecule has 2 heterocycles. The van der Waals surface area contributed by atoms with Crippen molar-refractivity contribution in [2.45, 2.75) is 0 Å². The first-order chi connectivity index (χ1) is 10.8. The zero-order valence-corrected chi connectivity index (χ0v) is 12.4. The van der Waals surface area contributed by atoms with Crippen molar-refractivity contribution in [3.05, 3.63) is 46.6 Å². The summed E-state index contributed by atoms with van der Waals surface area (Å²) in [4.78, 5) is 20.6. The molecule has 0 aliphatic carbocycles. The van der Waals surface area contributed by atoms with Gasteiger partial charge in [-0.2, -0.15) is 0 Å². The minimum absolute atomic E-state index is 0.0207. The van der Waals surface area contributed by atoms with E-state index in [1.807, 2.05) is 36.4 Å². The van der Waals surface area contributed by atoms with Crippen molar-refractivity contribution in [1.82, 2.24) is 9.97 Å². The second-order valence-corrected chi connectivity index (χ2v) is 6.00. The number of nitrogens with zero attached hydrogens (tertiary/aromatic N) is 1. The number of aliphatic hydroxyl groups is 1. The number of nitrogens with one attached hydrogen (secondary N) is 2. The predicted octanol–water partition coefficient (Wildman–Crippen LogP) is 2.70. The molecule has 0 unspecified atom stereocenters. The van der Waals surface area contributed by atoms with Gasteiger partial charge in [0.05, 0.1) is 27.7 Å². The number of anilines is 1. The number of hydrogen-bond acceptors (Lipinski definition) is 5. The molecule has 0 saturated heterocycles. The molecule has 0 spiro atoms. The van der Waals surface area contributed by atoms with E-state index >= 15 is 0 Å². The third-order valence-electron chi connectivity index (χ3n) is 3.61. The number of pyridine rings is 1. The first-order valence-electron chi connectivity index (χ1n) is 6.97. The Labute approximate surface area is 129 Å². The Bertz CT molecular complexity index is 1050. The molecular weight excluding hydrogens is 298 g/mol. The van der Waals surface area contributed by atoms with Gasteiger partial charge in [0, 0.05) is 17.4 Å². The lowest BCUT2D eigenvalue weighted by atomic mass is 10.1.